The third-order valence-electron chi connectivity index (χ3n) is 2.47. The van der Waals surface area contributed by atoms with Crippen LogP contribution in [0.15, 0.2) is 24.4 Å². The molecule has 0 aliphatic carbocycles. The van der Waals surface area contributed by atoms with Crippen molar-refractivity contribution in [3.8, 4) is 5.75 Å². The Morgan fingerprint density at radius 2 is 2.25 bits per heavy atom. The highest BCUT2D eigenvalue weighted by Crippen LogP contribution is 2.23. The van der Waals surface area contributed by atoms with Gasteiger partial charge in [-0.05, 0) is 12.1 Å². The maximum Gasteiger partial charge on any atom is 0.183 e. The summed E-state index contributed by atoms with van der Waals surface area (Å²) in [5.74, 6) is -0.193. The Balaban J connectivity index is 1.91. The summed E-state index contributed by atoms with van der Waals surface area (Å²) in [4.78, 5) is 4.92. The fourth-order valence-corrected chi connectivity index (χ4v) is 2.43. The Hall–Kier alpha value is -1.37. The highest BCUT2D eigenvalue weighted by molar-refractivity contribution is 7.15. The molecule has 1 aromatic carbocycles. The molecule has 0 fully saturated rings. The van der Waals surface area contributed by atoms with E-state index in [1.807, 2.05) is 0 Å². The molecule has 108 valence electrons. The van der Waals surface area contributed by atoms with Crippen LogP contribution in [-0.4, -0.2) is 25.3 Å². The predicted octanol–water partition coefficient (Wildman–Crippen LogP) is 3.57. The Morgan fingerprint density at radius 1 is 1.40 bits per heavy atom. The molecule has 2 aromatic rings. The third-order valence-corrected chi connectivity index (χ3v) is 3.58. The van der Waals surface area contributed by atoms with E-state index in [2.05, 4.69) is 10.3 Å². The second kappa shape index (κ2) is 7.42. The number of nitrogens with one attached hydrogen (secondary N) is 1. The smallest absolute Gasteiger partial charge is 0.183 e. The summed E-state index contributed by atoms with van der Waals surface area (Å²) in [7, 11) is 1.57. The van der Waals surface area contributed by atoms with Crippen LogP contribution in [0, 0.1) is 5.82 Å². The van der Waals surface area contributed by atoms with E-state index >= 15 is 0 Å². The van der Waals surface area contributed by atoms with Crippen molar-refractivity contribution in [2.24, 2.45) is 0 Å². The maximum absolute atomic E-state index is 13.8. The molecule has 0 amide bonds. The first kappa shape index (κ1) is 15.0. The van der Waals surface area contributed by atoms with Gasteiger partial charge in [-0.2, -0.15) is 0 Å². The highest BCUT2D eigenvalue weighted by Gasteiger charge is 2.05. The number of anilines is 1. The van der Waals surface area contributed by atoms with Crippen LogP contribution in [0.1, 0.15) is 4.88 Å². The molecule has 0 saturated carbocycles. The molecule has 7 heteroatoms. The molecule has 1 N–H and O–H groups in total. The summed E-state index contributed by atoms with van der Waals surface area (Å²) in [6.45, 7) is 1.29. The van der Waals surface area contributed by atoms with E-state index in [0.29, 0.717) is 29.9 Å². The first-order valence-corrected chi connectivity index (χ1v) is 7.14. The first-order valence-electron chi connectivity index (χ1n) is 5.94. The number of thiazole rings is 1. The van der Waals surface area contributed by atoms with Crippen LogP contribution in [0.2, 0.25) is 4.47 Å². The summed E-state index contributed by atoms with van der Waals surface area (Å²) in [5, 5.41) is 3.10. The molecule has 0 radical (unpaired) electrons. The minimum atomic E-state index is -0.409. The van der Waals surface area contributed by atoms with Gasteiger partial charge in [0, 0.05) is 29.9 Å². The Bertz CT molecular complexity index is 565. The van der Waals surface area contributed by atoms with E-state index in [0.717, 1.165) is 4.88 Å². The lowest BCUT2D eigenvalue weighted by molar-refractivity contribution is 0.144. The largest absolute Gasteiger partial charge is 0.488 e. The van der Waals surface area contributed by atoms with Crippen molar-refractivity contribution >= 4 is 28.6 Å². The number of aromatic nitrogens is 1. The third kappa shape index (κ3) is 4.33. The van der Waals surface area contributed by atoms with E-state index in [4.69, 9.17) is 21.1 Å². The van der Waals surface area contributed by atoms with Gasteiger partial charge in [-0.3, -0.25) is 0 Å². The normalized spacial score (nSPS) is 10.6. The van der Waals surface area contributed by atoms with Crippen LogP contribution in [0.5, 0.6) is 5.75 Å². The number of hydrogen-bond acceptors (Lipinski definition) is 5. The molecule has 4 nitrogen and oxygen atoms in total. The second-order valence-corrected chi connectivity index (χ2v) is 5.62. The highest BCUT2D eigenvalue weighted by atomic mass is 35.5. The number of rotatable bonds is 7. The second-order valence-electron chi connectivity index (χ2n) is 3.92. The van der Waals surface area contributed by atoms with Gasteiger partial charge in [0.1, 0.15) is 6.61 Å². The van der Waals surface area contributed by atoms with Gasteiger partial charge in [0.2, 0.25) is 0 Å². The molecule has 1 heterocycles. The van der Waals surface area contributed by atoms with Crippen LogP contribution < -0.4 is 10.1 Å². The number of benzene rings is 1. The molecular weight excluding hydrogens is 303 g/mol. The van der Waals surface area contributed by atoms with E-state index in [9.17, 15) is 4.39 Å². The summed E-state index contributed by atoms with van der Waals surface area (Å²) >= 11 is 7.13. The van der Waals surface area contributed by atoms with E-state index < -0.39 is 5.82 Å². The molecule has 0 aliphatic rings. The van der Waals surface area contributed by atoms with E-state index in [1.165, 1.54) is 17.4 Å². The van der Waals surface area contributed by atoms with Crippen molar-refractivity contribution in [1.82, 2.24) is 4.98 Å². The van der Waals surface area contributed by atoms with Gasteiger partial charge >= 0.3 is 0 Å². The van der Waals surface area contributed by atoms with Crippen LogP contribution >= 0.6 is 22.9 Å². The molecule has 1 aromatic heterocycles. The molecule has 2 rings (SSSR count). The lowest BCUT2D eigenvalue weighted by Gasteiger charge is -2.09. The van der Waals surface area contributed by atoms with Crippen molar-refractivity contribution in [3.63, 3.8) is 0 Å². The van der Waals surface area contributed by atoms with Crippen molar-refractivity contribution < 1.29 is 13.9 Å². The van der Waals surface area contributed by atoms with Crippen LogP contribution in [0.25, 0.3) is 0 Å². The van der Waals surface area contributed by atoms with Crippen molar-refractivity contribution in [2.45, 2.75) is 6.54 Å². The number of hydrogen-bond donors (Lipinski definition) is 1. The lowest BCUT2D eigenvalue weighted by atomic mass is 10.3. The molecule has 0 saturated heterocycles. The molecule has 0 aliphatic heterocycles. The zero-order valence-corrected chi connectivity index (χ0v) is 12.4. The fraction of sp³-hybridized carbons (Fsp3) is 0.308. The molecule has 0 bridgehead atoms. The average molecular weight is 317 g/mol. The van der Waals surface area contributed by atoms with Crippen LogP contribution in [-0.2, 0) is 11.3 Å². The fourth-order valence-electron chi connectivity index (χ4n) is 1.52. The summed E-state index contributed by atoms with van der Waals surface area (Å²) < 4.78 is 24.4. The SMILES string of the molecule is COCCOc1ccc(NCc2cnc(Cl)s2)cc1F. The minimum absolute atomic E-state index is 0.216. The zero-order valence-electron chi connectivity index (χ0n) is 10.9. The quantitative estimate of drug-likeness (QED) is 0.793. The Kier molecular flexibility index (Phi) is 5.58. The van der Waals surface area contributed by atoms with Crippen molar-refractivity contribution in [2.75, 3.05) is 25.6 Å². The van der Waals surface area contributed by atoms with Crippen LogP contribution in [0.4, 0.5) is 10.1 Å². The molecule has 20 heavy (non-hydrogen) atoms. The van der Waals surface area contributed by atoms with Gasteiger partial charge in [-0.25, -0.2) is 9.37 Å². The zero-order chi connectivity index (χ0) is 14.4. The topological polar surface area (TPSA) is 43.4 Å². The summed E-state index contributed by atoms with van der Waals surface area (Å²) in [6, 6.07) is 4.74. The lowest BCUT2D eigenvalue weighted by Crippen LogP contribution is -2.06. The van der Waals surface area contributed by atoms with Gasteiger partial charge < -0.3 is 14.8 Å². The molecular formula is C13H14ClFN2O2S. The molecule has 0 unspecified atom stereocenters. The van der Waals surface area contributed by atoms with Gasteiger partial charge in [0.05, 0.1) is 13.2 Å². The monoisotopic (exact) mass is 316 g/mol. The number of methoxy groups -OCH3 is 1. The standard InChI is InChI=1S/C13H14ClFN2O2S/c1-18-4-5-19-12-3-2-9(6-11(12)15)16-7-10-8-17-13(14)20-10/h2-3,6,8,16H,4-5,7H2,1H3. The van der Waals surface area contributed by atoms with Gasteiger partial charge in [0.25, 0.3) is 0 Å². The first-order chi connectivity index (χ1) is 9.69. The van der Waals surface area contributed by atoms with Crippen LogP contribution in [0.3, 0.4) is 0 Å². The average Bonchev–Trinajstić information content (AvgIpc) is 2.85. The number of nitrogens with zero attached hydrogens (tertiary/aromatic N) is 1. The van der Waals surface area contributed by atoms with Gasteiger partial charge in [-0.1, -0.05) is 11.6 Å². The number of halogens is 2. The Labute approximate surface area is 125 Å². The molecule has 0 spiro atoms. The van der Waals surface area contributed by atoms with Gasteiger partial charge in [-0.15, -0.1) is 11.3 Å². The van der Waals surface area contributed by atoms with E-state index in [-0.39, 0.29) is 5.75 Å². The Morgan fingerprint density at radius 3 is 2.90 bits per heavy atom. The van der Waals surface area contributed by atoms with Gasteiger partial charge in [0.15, 0.2) is 16.0 Å². The maximum atomic E-state index is 13.8. The summed E-state index contributed by atoms with van der Waals surface area (Å²) in [6.07, 6.45) is 1.69. The van der Waals surface area contributed by atoms with Crippen molar-refractivity contribution in [3.05, 3.63) is 39.6 Å². The number of ether oxygens (including phenoxy) is 2. The van der Waals surface area contributed by atoms with E-state index in [1.54, 1.807) is 25.4 Å². The predicted molar refractivity (Wildman–Crippen MR) is 78.2 cm³/mol. The summed E-state index contributed by atoms with van der Waals surface area (Å²) in [5.41, 5.74) is 0.672. The van der Waals surface area contributed by atoms with Crippen molar-refractivity contribution in [1.29, 1.82) is 0 Å². The minimum Gasteiger partial charge on any atom is -0.488 e. The molecule has 0 atom stereocenters.